The number of halogens is 2. The molecule has 1 rings (SSSR count). The highest BCUT2D eigenvalue weighted by Gasteiger charge is 1.88. The molecular formula is C9H7Br2N. The van der Waals surface area contributed by atoms with Crippen molar-refractivity contribution in [3.8, 4) is 11.8 Å². The SMILES string of the molecule is BrCCC#Cc1ccnc(Br)c1. The van der Waals surface area contributed by atoms with Crippen LogP contribution in [0.25, 0.3) is 0 Å². The molecule has 0 saturated heterocycles. The van der Waals surface area contributed by atoms with Crippen LogP contribution < -0.4 is 0 Å². The minimum Gasteiger partial charge on any atom is -0.249 e. The van der Waals surface area contributed by atoms with Crippen LogP contribution in [-0.4, -0.2) is 10.3 Å². The normalized spacial score (nSPS) is 8.83. The fourth-order valence-corrected chi connectivity index (χ4v) is 1.26. The Hall–Kier alpha value is -0.330. The molecule has 1 aromatic rings. The van der Waals surface area contributed by atoms with Gasteiger partial charge in [0.2, 0.25) is 0 Å². The van der Waals surface area contributed by atoms with Gasteiger partial charge in [0.15, 0.2) is 0 Å². The van der Waals surface area contributed by atoms with Crippen LogP contribution in [0, 0.1) is 11.8 Å². The van der Waals surface area contributed by atoms with Crippen LogP contribution in [0.4, 0.5) is 0 Å². The summed E-state index contributed by atoms with van der Waals surface area (Å²) >= 11 is 6.60. The average molecular weight is 289 g/mol. The van der Waals surface area contributed by atoms with Crippen LogP contribution in [0.2, 0.25) is 0 Å². The van der Waals surface area contributed by atoms with Gasteiger partial charge < -0.3 is 0 Å². The molecule has 0 aliphatic rings. The molecule has 0 amide bonds. The fraction of sp³-hybridized carbons (Fsp3) is 0.222. The van der Waals surface area contributed by atoms with Crippen molar-refractivity contribution in [1.29, 1.82) is 0 Å². The molecule has 0 aromatic carbocycles. The van der Waals surface area contributed by atoms with E-state index in [-0.39, 0.29) is 0 Å². The first-order valence-electron chi connectivity index (χ1n) is 3.49. The second kappa shape index (κ2) is 5.34. The van der Waals surface area contributed by atoms with Crippen LogP contribution in [0.1, 0.15) is 12.0 Å². The summed E-state index contributed by atoms with van der Waals surface area (Å²) in [6.45, 7) is 0. The summed E-state index contributed by atoms with van der Waals surface area (Å²) in [5.74, 6) is 6.07. The Morgan fingerprint density at radius 1 is 1.50 bits per heavy atom. The number of hydrogen-bond acceptors (Lipinski definition) is 1. The molecule has 3 heteroatoms. The molecule has 12 heavy (non-hydrogen) atoms. The lowest BCUT2D eigenvalue weighted by atomic mass is 10.3. The highest BCUT2D eigenvalue weighted by atomic mass is 79.9. The molecule has 0 aliphatic carbocycles. The third-order valence-electron chi connectivity index (χ3n) is 1.18. The molecule has 0 aliphatic heterocycles. The lowest BCUT2D eigenvalue weighted by molar-refractivity contribution is 1.26. The van der Waals surface area contributed by atoms with Crippen LogP contribution in [-0.2, 0) is 0 Å². The molecule has 0 saturated carbocycles. The van der Waals surface area contributed by atoms with Gasteiger partial charge in [0.05, 0.1) is 0 Å². The van der Waals surface area contributed by atoms with E-state index in [1.807, 2.05) is 12.1 Å². The molecule has 1 heterocycles. The second-order valence-corrected chi connectivity index (χ2v) is 3.71. The van der Waals surface area contributed by atoms with Gasteiger partial charge in [-0.3, -0.25) is 0 Å². The van der Waals surface area contributed by atoms with Crippen molar-refractivity contribution in [1.82, 2.24) is 4.98 Å². The van der Waals surface area contributed by atoms with Crippen LogP contribution in [0.15, 0.2) is 22.9 Å². The molecule has 0 fully saturated rings. The predicted molar refractivity (Wildman–Crippen MR) is 57.2 cm³/mol. The molecule has 1 aromatic heterocycles. The van der Waals surface area contributed by atoms with E-state index in [0.29, 0.717) is 0 Å². The number of aromatic nitrogens is 1. The maximum Gasteiger partial charge on any atom is 0.107 e. The van der Waals surface area contributed by atoms with Crippen LogP contribution in [0.3, 0.4) is 0 Å². The molecule has 0 unspecified atom stereocenters. The smallest absolute Gasteiger partial charge is 0.107 e. The van der Waals surface area contributed by atoms with Gasteiger partial charge in [0.25, 0.3) is 0 Å². The van der Waals surface area contributed by atoms with Crippen molar-refractivity contribution in [2.24, 2.45) is 0 Å². The fourth-order valence-electron chi connectivity index (χ4n) is 0.692. The largest absolute Gasteiger partial charge is 0.249 e. The molecule has 0 spiro atoms. The summed E-state index contributed by atoms with van der Waals surface area (Å²) in [5.41, 5.74) is 0.998. The number of alkyl halides is 1. The van der Waals surface area contributed by atoms with Crippen LogP contribution in [0.5, 0.6) is 0 Å². The highest BCUT2D eigenvalue weighted by Crippen LogP contribution is 2.06. The standard InChI is InChI=1S/C9H7Br2N/c10-5-2-1-3-8-4-6-12-9(11)7-8/h4,6-7H,2,5H2. The second-order valence-electron chi connectivity index (χ2n) is 2.11. The van der Waals surface area contributed by atoms with Crippen molar-refractivity contribution in [3.05, 3.63) is 28.5 Å². The minimum absolute atomic E-state index is 0.827. The quantitative estimate of drug-likeness (QED) is 0.440. The molecule has 0 radical (unpaired) electrons. The van der Waals surface area contributed by atoms with E-state index < -0.39 is 0 Å². The molecular weight excluding hydrogens is 282 g/mol. The Balaban J connectivity index is 2.71. The first kappa shape index (κ1) is 9.76. The number of hydrogen-bond donors (Lipinski definition) is 0. The van der Waals surface area contributed by atoms with Crippen molar-refractivity contribution >= 4 is 31.9 Å². The van der Waals surface area contributed by atoms with E-state index >= 15 is 0 Å². The minimum atomic E-state index is 0.827. The van der Waals surface area contributed by atoms with Crippen molar-refractivity contribution in [2.45, 2.75) is 6.42 Å². The predicted octanol–water partition coefficient (Wildman–Crippen LogP) is 2.98. The van der Waals surface area contributed by atoms with Gasteiger partial charge in [-0.05, 0) is 28.1 Å². The Bertz CT molecular complexity index is 312. The zero-order valence-corrected chi connectivity index (χ0v) is 9.52. The average Bonchev–Trinajstić information content (AvgIpc) is 2.05. The van der Waals surface area contributed by atoms with E-state index in [0.717, 1.165) is 21.9 Å². The van der Waals surface area contributed by atoms with Crippen molar-refractivity contribution < 1.29 is 0 Å². The van der Waals surface area contributed by atoms with Gasteiger partial charge in [-0.2, -0.15) is 0 Å². The first-order chi connectivity index (χ1) is 5.83. The summed E-state index contributed by atoms with van der Waals surface area (Å²) in [6, 6.07) is 3.80. The molecule has 0 atom stereocenters. The maximum atomic E-state index is 4.01. The maximum absolute atomic E-state index is 4.01. The van der Waals surface area contributed by atoms with Gasteiger partial charge in [-0.15, -0.1) is 0 Å². The van der Waals surface area contributed by atoms with E-state index in [1.54, 1.807) is 6.20 Å². The molecule has 0 N–H and O–H groups in total. The zero-order chi connectivity index (χ0) is 8.81. The number of pyridine rings is 1. The lowest BCUT2D eigenvalue weighted by Gasteiger charge is -1.89. The van der Waals surface area contributed by atoms with E-state index in [4.69, 9.17) is 0 Å². The van der Waals surface area contributed by atoms with E-state index in [9.17, 15) is 0 Å². The van der Waals surface area contributed by atoms with Crippen LogP contribution >= 0.6 is 31.9 Å². The molecule has 62 valence electrons. The lowest BCUT2D eigenvalue weighted by Crippen LogP contribution is -1.77. The summed E-state index contributed by atoms with van der Waals surface area (Å²) in [4.78, 5) is 4.01. The molecule has 1 nitrogen and oxygen atoms in total. The summed E-state index contributed by atoms with van der Waals surface area (Å²) in [5, 5.41) is 0.923. The topological polar surface area (TPSA) is 12.9 Å². The number of nitrogens with zero attached hydrogens (tertiary/aromatic N) is 1. The summed E-state index contributed by atoms with van der Waals surface area (Å²) < 4.78 is 0.827. The van der Waals surface area contributed by atoms with E-state index in [1.165, 1.54) is 0 Å². The van der Waals surface area contributed by atoms with Gasteiger partial charge in [-0.1, -0.05) is 27.8 Å². The monoisotopic (exact) mass is 287 g/mol. The summed E-state index contributed by atoms with van der Waals surface area (Å²) in [7, 11) is 0. The Kier molecular flexibility index (Phi) is 4.34. The van der Waals surface area contributed by atoms with Crippen molar-refractivity contribution in [2.75, 3.05) is 5.33 Å². The third-order valence-corrected chi connectivity index (χ3v) is 2.01. The Morgan fingerprint density at radius 3 is 3.00 bits per heavy atom. The van der Waals surface area contributed by atoms with Crippen molar-refractivity contribution in [3.63, 3.8) is 0 Å². The third kappa shape index (κ3) is 3.38. The van der Waals surface area contributed by atoms with Gasteiger partial charge in [0.1, 0.15) is 4.60 Å². The Labute approximate surface area is 88.8 Å². The zero-order valence-electron chi connectivity index (χ0n) is 6.35. The first-order valence-corrected chi connectivity index (χ1v) is 5.41. The van der Waals surface area contributed by atoms with E-state index in [2.05, 4.69) is 48.7 Å². The summed E-state index contributed by atoms with van der Waals surface area (Å²) in [6.07, 6.45) is 2.61. The van der Waals surface area contributed by atoms with Gasteiger partial charge in [-0.25, -0.2) is 4.98 Å². The highest BCUT2D eigenvalue weighted by molar-refractivity contribution is 9.10. The van der Waals surface area contributed by atoms with Gasteiger partial charge in [0, 0.05) is 23.5 Å². The molecule has 0 bridgehead atoms. The van der Waals surface area contributed by atoms with Gasteiger partial charge >= 0.3 is 0 Å². The Morgan fingerprint density at radius 2 is 2.33 bits per heavy atom. The number of rotatable bonds is 1.